The first kappa shape index (κ1) is 15.9. The lowest BCUT2D eigenvalue weighted by Crippen LogP contribution is -2.27. The second kappa shape index (κ2) is 7.04. The van der Waals surface area contributed by atoms with Crippen LogP contribution in [0.3, 0.4) is 0 Å². The Morgan fingerprint density at radius 3 is 2.67 bits per heavy atom. The number of benzene rings is 2. The molecular weight excluding hydrogens is 308 g/mol. The average molecular weight is 326 g/mol. The molecule has 1 amide bonds. The van der Waals surface area contributed by atoms with Gasteiger partial charge >= 0.3 is 5.76 Å². The Morgan fingerprint density at radius 1 is 1.17 bits per heavy atom. The summed E-state index contributed by atoms with van der Waals surface area (Å²) in [6, 6.07) is 12.9. The molecule has 0 unspecified atom stereocenters. The first-order valence-corrected chi connectivity index (χ1v) is 7.65. The molecule has 1 heterocycles. The van der Waals surface area contributed by atoms with Crippen LogP contribution < -0.4 is 15.8 Å². The lowest BCUT2D eigenvalue weighted by Gasteiger charge is -2.06. The van der Waals surface area contributed by atoms with E-state index < -0.39 is 5.76 Å². The van der Waals surface area contributed by atoms with Gasteiger partial charge in [0.1, 0.15) is 5.75 Å². The number of amides is 1. The highest BCUT2D eigenvalue weighted by Crippen LogP contribution is 2.13. The lowest BCUT2D eigenvalue weighted by molar-refractivity contribution is -0.120. The third kappa shape index (κ3) is 3.84. The molecule has 3 aromatic rings. The van der Waals surface area contributed by atoms with Crippen LogP contribution in [0.15, 0.2) is 51.7 Å². The number of hydrogen-bond acceptors (Lipinski definition) is 4. The van der Waals surface area contributed by atoms with E-state index in [4.69, 9.17) is 9.15 Å². The van der Waals surface area contributed by atoms with Gasteiger partial charge in [-0.25, -0.2) is 4.79 Å². The zero-order chi connectivity index (χ0) is 16.9. The van der Waals surface area contributed by atoms with Crippen molar-refractivity contribution in [1.82, 2.24) is 10.3 Å². The predicted octanol–water partition coefficient (Wildman–Crippen LogP) is 2.03. The van der Waals surface area contributed by atoms with E-state index >= 15 is 0 Å². The average Bonchev–Trinajstić information content (AvgIpc) is 2.95. The van der Waals surface area contributed by atoms with E-state index in [0.717, 1.165) is 16.9 Å². The largest absolute Gasteiger partial charge is 0.497 e. The molecule has 24 heavy (non-hydrogen) atoms. The Labute approximate surface area is 138 Å². The van der Waals surface area contributed by atoms with Crippen molar-refractivity contribution in [2.75, 3.05) is 13.7 Å². The Bertz CT molecular complexity index is 893. The third-order valence-electron chi connectivity index (χ3n) is 3.74. The van der Waals surface area contributed by atoms with Crippen LogP contribution in [0.2, 0.25) is 0 Å². The molecule has 0 fully saturated rings. The molecule has 124 valence electrons. The number of aromatic nitrogens is 1. The van der Waals surface area contributed by atoms with Crippen molar-refractivity contribution in [1.29, 1.82) is 0 Å². The fourth-order valence-electron chi connectivity index (χ4n) is 2.49. The van der Waals surface area contributed by atoms with Crippen LogP contribution in [0.5, 0.6) is 5.75 Å². The molecule has 0 saturated heterocycles. The summed E-state index contributed by atoms with van der Waals surface area (Å²) in [5.41, 5.74) is 3.16. The Kier molecular flexibility index (Phi) is 4.65. The molecule has 0 atom stereocenters. The summed E-state index contributed by atoms with van der Waals surface area (Å²) in [5.74, 6) is 0.278. The highest BCUT2D eigenvalue weighted by Gasteiger charge is 2.05. The molecule has 2 N–H and O–H groups in total. The van der Waals surface area contributed by atoms with E-state index in [9.17, 15) is 9.59 Å². The van der Waals surface area contributed by atoms with E-state index in [0.29, 0.717) is 30.5 Å². The monoisotopic (exact) mass is 326 g/mol. The highest BCUT2D eigenvalue weighted by atomic mass is 16.5. The van der Waals surface area contributed by atoms with E-state index in [2.05, 4.69) is 10.3 Å². The fraction of sp³-hybridized carbons (Fsp3) is 0.222. The quantitative estimate of drug-likeness (QED) is 0.726. The van der Waals surface area contributed by atoms with Gasteiger partial charge in [0, 0.05) is 6.54 Å². The minimum absolute atomic E-state index is 0.0297. The molecule has 0 aliphatic heterocycles. The number of fused-ring (bicyclic) bond motifs is 1. The number of nitrogens with one attached hydrogen (secondary N) is 2. The second-order valence-corrected chi connectivity index (χ2v) is 5.47. The van der Waals surface area contributed by atoms with E-state index in [1.165, 1.54) is 0 Å². The van der Waals surface area contributed by atoms with Gasteiger partial charge in [-0.05, 0) is 41.8 Å². The van der Waals surface area contributed by atoms with Crippen molar-refractivity contribution in [3.8, 4) is 5.75 Å². The molecule has 0 spiro atoms. The number of carbonyl (C=O) groups is 1. The fourth-order valence-corrected chi connectivity index (χ4v) is 2.49. The SMILES string of the molecule is COc1ccc(CC(=O)NCCc2ccc3oc(=O)[nH]c3c2)cc1. The zero-order valence-corrected chi connectivity index (χ0v) is 13.3. The van der Waals surface area contributed by atoms with Crippen molar-refractivity contribution in [2.24, 2.45) is 0 Å². The van der Waals surface area contributed by atoms with Gasteiger partial charge in [0.15, 0.2) is 5.58 Å². The number of aromatic amines is 1. The smallest absolute Gasteiger partial charge is 0.417 e. The standard InChI is InChI=1S/C18H18N2O4/c1-23-14-5-2-12(3-6-14)11-17(21)19-9-8-13-4-7-16-15(10-13)20-18(22)24-16/h2-7,10H,8-9,11H2,1H3,(H,19,21)(H,20,22). The van der Waals surface area contributed by atoms with Crippen molar-refractivity contribution < 1.29 is 13.9 Å². The van der Waals surface area contributed by atoms with Crippen molar-refractivity contribution in [3.05, 3.63) is 64.1 Å². The summed E-state index contributed by atoms with van der Waals surface area (Å²) in [7, 11) is 1.61. The zero-order valence-electron chi connectivity index (χ0n) is 13.3. The molecule has 0 aliphatic carbocycles. The van der Waals surface area contributed by atoms with Gasteiger partial charge in [-0.3, -0.25) is 9.78 Å². The lowest BCUT2D eigenvalue weighted by atomic mass is 10.1. The Hall–Kier alpha value is -3.02. The molecule has 0 radical (unpaired) electrons. The minimum atomic E-state index is -0.463. The topological polar surface area (TPSA) is 84.3 Å². The van der Waals surface area contributed by atoms with Crippen molar-refractivity contribution in [3.63, 3.8) is 0 Å². The molecule has 0 saturated carbocycles. The molecular formula is C18H18N2O4. The maximum absolute atomic E-state index is 12.0. The van der Waals surface area contributed by atoms with Gasteiger partial charge < -0.3 is 14.5 Å². The van der Waals surface area contributed by atoms with E-state index in [-0.39, 0.29) is 5.91 Å². The third-order valence-corrected chi connectivity index (χ3v) is 3.74. The van der Waals surface area contributed by atoms with Crippen molar-refractivity contribution >= 4 is 17.0 Å². The van der Waals surface area contributed by atoms with Crippen LogP contribution in [-0.4, -0.2) is 24.5 Å². The predicted molar refractivity (Wildman–Crippen MR) is 90.2 cm³/mol. The maximum Gasteiger partial charge on any atom is 0.417 e. The van der Waals surface area contributed by atoms with Crippen LogP contribution in [0.1, 0.15) is 11.1 Å². The van der Waals surface area contributed by atoms with Crippen LogP contribution in [0, 0.1) is 0 Å². The molecule has 0 aliphatic rings. The van der Waals surface area contributed by atoms with Crippen LogP contribution in [0.4, 0.5) is 0 Å². The van der Waals surface area contributed by atoms with Crippen LogP contribution in [-0.2, 0) is 17.6 Å². The van der Waals surface area contributed by atoms with Gasteiger partial charge in [-0.15, -0.1) is 0 Å². The van der Waals surface area contributed by atoms with Gasteiger partial charge in [0.05, 0.1) is 19.0 Å². The summed E-state index contributed by atoms with van der Waals surface area (Å²) in [6.45, 7) is 0.530. The number of H-pyrrole nitrogens is 1. The summed E-state index contributed by atoms with van der Waals surface area (Å²) in [6.07, 6.45) is 1.01. The first-order chi connectivity index (χ1) is 11.6. The number of hydrogen-bond donors (Lipinski definition) is 2. The Morgan fingerprint density at radius 2 is 1.92 bits per heavy atom. The van der Waals surface area contributed by atoms with Crippen LogP contribution in [0.25, 0.3) is 11.1 Å². The highest BCUT2D eigenvalue weighted by molar-refractivity contribution is 5.78. The Balaban J connectivity index is 1.50. The van der Waals surface area contributed by atoms with Gasteiger partial charge in [-0.1, -0.05) is 18.2 Å². The maximum atomic E-state index is 12.0. The summed E-state index contributed by atoms with van der Waals surface area (Å²) < 4.78 is 10.0. The normalized spacial score (nSPS) is 10.7. The number of carbonyl (C=O) groups excluding carboxylic acids is 1. The molecule has 3 rings (SSSR count). The first-order valence-electron chi connectivity index (χ1n) is 7.65. The summed E-state index contributed by atoms with van der Waals surface area (Å²) >= 11 is 0. The number of ether oxygens (including phenoxy) is 1. The second-order valence-electron chi connectivity index (χ2n) is 5.47. The molecule has 1 aromatic heterocycles. The van der Waals surface area contributed by atoms with Gasteiger partial charge in [-0.2, -0.15) is 0 Å². The minimum Gasteiger partial charge on any atom is -0.497 e. The molecule has 2 aromatic carbocycles. The van der Waals surface area contributed by atoms with E-state index in [1.807, 2.05) is 36.4 Å². The number of rotatable bonds is 6. The van der Waals surface area contributed by atoms with Gasteiger partial charge in [0.2, 0.25) is 5.91 Å². The number of oxazole rings is 1. The van der Waals surface area contributed by atoms with Gasteiger partial charge in [0.25, 0.3) is 0 Å². The van der Waals surface area contributed by atoms with Crippen molar-refractivity contribution in [2.45, 2.75) is 12.8 Å². The van der Waals surface area contributed by atoms with E-state index in [1.54, 1.807) is 13.2 Å². The summed E-state index contributed by atoms with van der Waals surface area (Å²) in [4.78, 5) is 25.7. The molecule has 6 heteroatoms. The molecule has 0 bridgehead atoms. The number of methoxy groups -OCH3 is 1. The van der Waals surface area contributed by atoms with Crippen LogP contribution >= 0.6 is 0 Å². The molecule has 6 nitrogen and oxygen atoms in total. The summed E-state index contributed by atoms with van der Waals surface area (Å²) in [5, 5.41) is 2.90.